The van der Waals surface area contributed by atoms with Gasteiger partial charge in [-0.3, -0.25) is 14.9 Å². The van der Waals surface area contributed by atoms with Gasteiger partial charge in [0, 0.05) is 44.0 Å². The van der Waals surface area contributed by atoms with Gasteiger partial charge in [0.2, 0.25) is 5.91 Å². The predicted octanol–water partition coefficient (Wildman–Crippen LogP) is 4.28. The molecule has 2 aliphatic rings. The van der Waals surface area contributed by atoms with Crippen LogP contribution in [0, 0.1) is 22.0 Å². The molecule has 2 atom stereocenters. The van der Waals surface area contributed by atoms with Gasteiger partial charge in [-0.25, -0.2) is 0 Å². The number of nitrogens with zero attached hydrogens (tertiary/aromatic N) is 3. The molecular weight excluding hydrogens is 428 g/mol. The Morgan fingerprint density at radius 1 is 1.22 bits per heavy atom. The zero-order chi connectivity index (χ0) is 22.8. The maximum atomic E-state index is 13.3. The van der Waals surface area contributed by atoms with Crippen LogP contribution in [0.4, 0.5) is 17.1 Å². The molecule has 0 bridgehead atoms. The molecule has 0 radical (unpaired) electrons. The maximum Gasteiger partial charge on any atom is 0.269 e. The Labute approximate surface area is 193 Å². The van der Waals surface area contributed by atoms with Crippen molar-refractivity contribution in [1.29, 1.82) is 0 Å². The standard InChI is InChI=1S/C24H29ClN4O3/c1-16(2)9-10-26-24(30)19-14-17-13-18(29(31)32)7-8-21(17)28-12-11-27(15-23(19)28)22-6-4-3-5-20(22)25/h3-8,13,16,19,23H,9-12,14-15H2,1-2H3,(H,26,30)/t19-,23+/m1/s1. The molecule has 2 aromatic carbocycles. The summed E-state index contributed by atoms with van der Waals surface area (Å²) in [5, 5.41) is 15.1. The average molecular weight is 457 g/mol. The van der Waals surface area contributed by atoms with Gasteiger partial charge in [-0.05, 0) is 42.5 Å². The van der Waals surface area contributed by atoms with Gasteiger partial charge in [-0.2, -0.15) is 0 Å². The Morgan fingerprint density at radius 2 is 2.00 bits per heavy atom. The molecule has 8 heteroatoms. The van der Waals surface area contributed by atoms with Gasteiger partial charge in [0.25, 0.3) is 5.69 Å². The van der Waals surface area contributed by atoms with Gasteiger partial charge in [-0.1, -0.05) is 37.6 Å². The minimum absolute atomic E-state index is 0.0128. The van der Waals surface area contributed by atoms with Crippen molar-refractivity contribution in [2.45, 2.75) is 32.7 Å². The van der Waals surface area contributed by atoms with Crippen molar-refractivity contribution in [3.05, 3.63) is 63.2 Å². The van der Waals surface area contributed by atoms with Crippen LogP contribution >= 0.6 is 11.6 Å². The molecule has 2 aromatic rings. The summed E-state index contributed by atoms with van der Waals surface area (Å²) >= 11 is 6.46. The molecule has 4 rings (SSSR count). The van der Waals surface area contributed by atoms with E-state index in [1.54, 1.807) is 12.1 Å². The third-order valence-electron chi connectivity index (χ3n) is 6.46. The van der Waals surface area contributed by atoms with Crippen LogP contribution in [0.25, 0.3) is 0 Å². The first-order valence-electron chi connectivity index (χ1n) is 11.2. The number of para-hydroxylation sites is 1. The minimum atomic E-state index is -0.376. The highest BCUT2D eigenvalue weighted by Gasteiger charge is 2.42. The van der Waals surface area contributed by atoms with E-state index in [2.05, 4.69) is 29.0 Å². The molecule has 2 heterocycles. The van der Waals surface area contributed by atoms with Crippen LogP contribution in [-0.2, 0) is 11.2 Å². The fraction of sp³-hybridized carbons (Fsp3) is 0.458. The number of nitro groups is 1. The van der Waals surface area contributed by atoms with Gasteiger partial charge < -0.3 is 15.1 Å². The molecule has 0 aromatic heterocycles. The third-order valence-corrected chi connectivity index (χ3v) is 6.78. The number of hydrogen-bond acceptors (Lipinski definition) is 5. The second-order valence-electron chi connectivity index (χ2n) is 9.01. The van der Waals surface area contributed by atoms with E-state index in [0.29, 0.717) is 30.5 Å². The fourth-order valence-corrected chi connectivity index (χ4v) is 5.02. The lowest BCUT2D eigenvalue weighted by Crippen LogP contribution is -2.61. The van der Waals surface area contributed by atoms with Crippen molar-refractivity contribution < 1.29 is 9.72 Å². The number of non-ortho nitro benzene ring substituents is 1. The number of piperazine rings is 1. The topological polar surface area (TPSA) is 78.7 Å². The van der Waals surface area contributed by atoms with Crippen LogP contribution in [0.5, 0.6) is 0 Å². The molecule has 0 saturated carbocycles. The number of rotatable bonds is 6. The lowest BCUT2D eigenvalue weighted by molar-refractivity contribution is -0.384. The average Bonchev–Trinajstić information content (AvgIpc) is 2.77. The van der Waals surface area contributed by atoms with Crippen LogP contribution in [0.1, 0.15) is 25.8 Å². The Bertz CT molecular complexity index is 1010. The number of fused-ring (bicyclic) bond motifs is 3. The molecule has 32 heavy (non-hydrogen) atoms. The summed E-state index contributed by atoms with van der Waals surface area (Å²) in [7, 11) is 0. The molecule has 1 saturated heterocycles. The number of benzene rings is 2. The summed E-state index contributed by atoms with van der Waals surface area (Å²) in [6, 6.07) is 12.8. The highest BCUT2D eigenvalue weighted by molar-refractivity contribution is 6.33. The van der Waals surface area contributed by atoms with Crippen molar-refractivity contribution in [3.63, 3.8) is 0 Å². The molecule has 7 nitrogen and oxygen atoms in total. The second kappa shape index (κ2) is 9.36. The Morgan fingerprint density at radius 3 is 2.72 bits per heavy atom. The summed E-state index contributed by atoms with van der Waals surface area (Å²) in [6.45, 7) is 7.05. The first-order chi connectivity index (χ1) is 15.3. The number of anilines is 2. The lowest BCUT2D eigenvalue weighted by Gasteiger charge is -2.49. The number of nitro benzene ring substituents is 1. The number of nitrogens with one attached hydrogen (secondary N) is 1. The summed E-state index contributed by atoms with van der Waals surface area (Å²) in [4.78, 5) is 28.7. The molecule has 1 amide bonds. The molecule has 1 fully saturated rings. The quantitative estimate of drug-likeness (QED) is 0.518. The largest absolute Gasteiger partial charge is 0.366 e. The highest BCUT2D eigenvalue weighted by atomic mass is 35.5. The zero-order valence-corrected chi connectivity index (χ0v) is 19.2. The number of amides is 1. The number of carbonyl (C=O) groups is 1. The predicted molar refractivity (Wildman–Crippen MR) is 128 cm³/mol. The smallest absolute Gasteiger partial charge is 0.269 e. The van der Waals surface area contributed by atoms with Gasteiger partial charge in [0.15, 0.2) is 0 Å². The van der Waals surface area contributed by atoms with Crippen molar-refractivity contribution in [2.75, 3.05) is 36.0 Å². The van der Waals surface area contributed by atoms with Gasteiger partial charge in [0.1, 0.15) is 0 Å². The molecule has 1 N–H and O–H groups in total. The normalized spacial score (nSPS) is 20.0. The fourth-order valence-electron chi connectivity index (χ4n) is 4.77. The van der Waals surface area contributed by atoms with Crippen molar-refractivity contribution in [1.82, 2.24) is 5.32 Å². The van der Waals surface area contributed by atoms with Crippen molar-refractivity contribution in [3.8, 4) is 0 Å². The highest BCUT2D eigenvalue weighted by Crippen LogP contribution is 2.39. The molecule has 2 aliphatic heterocycles. The van der Waals surface area contributed by atoms with E-state index in [4.69, 9.17) is 11.6 Å². The summed E-state index contributed by atoms with van der Waals surface area (Å²) in [5.74, 6) is 0.229. The van der Waals surface area contributed by atoms with E-state index in [9.17, 15) is 14.9 Å². The molecule has 0 spiro atoms. The van der Waals surface area contributed by atoms with Crippen molar-refractivity contribution in [2.24, 2.45) is 11.8 Å². The van der Waals surface area contributed by atoms with Crippen LogP contribution < -0.4 is 15.1 Å². The third kappa shape index (κ3) is 4.53. The first kappa shape index (κ1) is 22.4. The first-order valence-corrected chi connectivity index (χ1v) is 11.5. The van der Waals surface area contributed by atoms with Gasteiger partial charge in [0.05, 0.1) is 27.6 Å². The van der Waals surface area contributed by atoms with Crippen LogP contribution in [0.3, 0.4) is 0 Å². The van der Waals surface area contributed by atoms with E-state index in [-0.39, 0.29) is 28.5 Å². The summed E-state index contributed by atoms with van der Waals surface area (Å²) < 4.78 is 0. The van der Waals surface area contributed by atoms with Crippen LogP contribution in [0.15, 0.2) is 42.5 Å². The molecule has 170 valence electrons. The Balaban J connectivity index is 1.64. The van der Waals surface area contributed by atoms with E-state index < -0.39 is 0 Å². The summed E-state index contributed by atoms with van der Waals surface area (Å²) in [6.07, 6.45) is 1.41. The van der Waals surface area contributed by atoms with E-state index in [1.807, 2.05) is 30.3 Å². The Hall–Kier alpha value is -2.80. The van der Waals surface area contributed by atoms with Crippen molar-refractivity contribution >= 4 is 34.6 Å². The second-order valence-corrected chi connectivity index (χ2v) is 9.42. The van der Waals surface area contributed by atoms with Gasteiger partial charge >= 0.3 is 0 Å². The van der Waals surface area contributed by atoms with Gasteiger partial charge in [-0.15, -0.1) is 0 Å². The number of hydrogen-bond donors (Lipinski definition) is 1. The molecular formula is C24H29ClN4O3. The SMILES string of the molecule is CC(C)CCNC(=O)[C@@H]1Cc2cc([N+](=O)[O-])ccc2N2CCN(c3ccccc3Cl)C[C@@H]12. The molecule has 0 aliphatic carbocycles. The number of carbonyl (C=O) groups excluding carboxylic acids is 1. The van der Waals surface area contributed by atoms with E-state index in [1.165, 1.54) is 0 Å². The monoisotopic (exact) mass is 456 g/mol. The van der Waals surface area contributed by atoms with Crippen LogP contribution in [-0.4, -0.2) is 43.1 Å². The lowest BCUT2D eigenvalue weighted by atomic mass is 9.83. The zero-order valence-electron chi connectivity index (χ0n) is 18.5. The Kier molecular flexibility index (Phi) is 6.55. The van der Waals surface area contributed by atoms with E-state index in [0.717, 1.165) is 36.4 Å². The minimum Gasteiger partial charge on any atom is -0.366 e. The number of halogens is 1. The van der Waals surface area contributed by atoms with Crippen LogP contribution in [0.2, 0.25) is 5.02 Å². The van der Waals surface area contributed by atoms with E-state index >= 15 is 0 Å². The summed E-state index contributed by atoms with van der Waals surface area (Å²) in [5.41, 5.74) is 2.90. The maximum absolute atomic E-state index is 13.3. The molecule has 0 unspecified atom stereocenters.